The van der Waals surface area contributed by atoms with E-state index >= 15 is 0 Å². The van der Waals surface area contributed by atoms with E-state index in [1.807, 2.05) is 6.92 Å². The largest absolute Gasteiger partial charge is 0.496 e. The summed E-state index contributed by atoms with van der Waals surface area (Å²) in [6.07, 6.45) is 4.12. The standard InChI is InChI=1S/C14H18N4O2/c1-3-11(13-16-6-7-17-13)18-14(19)10-5-4-9(15)8-12(10)20-2/h4-8,11H,3,15H2,1-2H3,(H,16,17)(H,18,19). The Balaban J connectivity index is 2.19. The van der Waals surface area contributed by atoms with Crippen LogP contribution in [0.25, 0.3) is 0 Å². The molecule has 6 heteroatoms. The van der Waals surface area contributed by atoms with Crippen LogP contribution in [0.4, 0.5) is 5.69 Å². The van der Waals surface area contributed by atoms with E-state index in [4.69, 9.17) is 10.5 Å². The van der Waals surface area contributed by atoms with Crippen molar-refractivity contribution in [2.75, 3.05) is 12.8 Å². The molecule has 1 aromatic heterocycles. The third-order valence-corrected chi connectivity index (χ3v) is 3.03. The number of hydrogen-bond donors (Lipinski definition) is 3. The molecule has 0 bridgehead atoms. The van der Waals surface area contributed by atoms with E-state index in [0.29, 0.717) is 17.0 Å². The van der Waals surface area contributed by atoms with Crippen LogP contribution in [0.15, 0.2) is 30.6 Å². The third kappa shape index (κ3) is 2.90. The van der Waals surface area contributed by atoms with Crippen LogP contribution in [-0.4, -0.2) is 23.0 Å². The maximum Gasteiger partial charge on any atom is 0.255 e. The molecule has 2 rings (SSSR count). The molecule has 0 radical (unpaired) electrons. The number of amides is 1. The molecule has 2 aromatic rings. The molecular weight excluding hydrogens is 256 g/mol. The molecular formula is C14H18N4O2. The summed E-state index contributed by atoms with van der Waals surface area (Å²) >= 11 is 0. The van der Waals surface area contributed by atoms with Gasteiger partial charge >= 0.3 is 0 Å². The molecule has 1 unspecified atom stereocenters. The fourth-order valence-electron chi connectivity index (χ4n) is 1.96. The smallest absolute Gasteiger partial charge is 0.255 e. The van der Waals surface area contributed by atoms with Gasteiger partial charge in [0.25, 0.3) is 5.91 Å². The number of nitrogens with two attached hydrogens (primary N) is 1. The van der Waals surface area contributed by atoms with E-state index in [9.17, 15) is 4.79 Å². The van der Waals surface area contributed by atoms with Crippen molar-refractivity contribution in [1.82, 2.24) is 15.3 Å². The van der Waals surface area contributed by atoms with Gasteiger partial charge < -0.3 is 20.8 Å². The van der Waals surface area contributed by atoms with E-state index in [2.05, 4.69) is 15.3 Å². The summed E-state index contributed by atoms with van der Waals surface area (Å²) in [5, 5.41) is 2.93. The predicted octanol–water partition coefficient (Wildman–Crippen LogP) is 1.88. The fraction of sp³-hybridized carbons (Fsp3) is 0.286. The van der Waals surface area contributed by atoms with Gasteiger partial charge in [0.05, 0.1) is 18.7 Å². The molecule has 20 heavy (non-hydrogen) atoms. The van der Waals surface area contributed by atoms with Crippen molar-refractivity contribution in [3.63, 3.8) is 0 Å². The molecule has 0 aliphatic rings. The normalized spacial score (nSPS) is 11.9. The topological polar surface area (TPSA) is 93.0 Å². The van der Waals surface area contributed by atoms with Gasteiger partial charge in [0, 0.05) is 24.1 Å². The number of H-pyrrole nitrogens is 1. The number of anilines is 1. The van der Waals surface area contributed by atoms with Crippen LogP contribution in [0, 0.1) is 0 Å². The van der Waals surface area contributed by atoms with Gasteiger partial charge in [0.1, 0.15) is 11.6 Å². The van der Waals surface area contributed by atoms with Crippen molar-refractivity contribution in [3.8, 4) is 5.75 Å². The predicted molar refractivity (Wildman–Crippen MR) is 76.5 cm³/mol. The Kier molecular flexibility index (Phi) is 4.24. The molecule has 1 heterocycles. The monoisotopic (exact) mass is 274 g/mol. The second-order valence-electron chi connectivity index (χ2n) is 4.37. The minimum atomic E-state index is -0.217. The van der Waals surface area contributed by atoms with Gasteiger partial charge in [0.2, 0.25) is 0 Å². The molecule has 1 amide bonds. The molecule has 0 aliphatic carbocycles. The number of imidazole rings is 1. The van der Waals surface area contributed by atoms with Gasteiger partial charge in [-0.15, -0.1) is 0 Å². The fourth-order valence-corrected chi connectivity index (χ4v) is 1.96. The van der Waals surface area contributed by atoms with Gasteiger partial charge in [-0.3, -0.25) is 4.79 Å². The highest BCUT2D eigenvalue weighted by atomic mass is 16.5. The molecule has 6 nitrogen and oxygen atoms in total. The van der Waals surface area contributed by atoms with E-state index in [0.717, 1.165) is 12.2 Å². The number of nitrogen functional groups attached to an aromatic ring is 1. The van der Waals surface area contributed by atoms with Crippen molar-refractivity contribution in [1.29, 1.82) is 0 Å². The number of aromatic nitrogens is 2. The molecule has 1 aromatic carbocycles. The molecule has 4 N–H and O–H groups in total. The number of ether oxygens (including phenoxy) is 1. The van der Waals surface area contributed by atoms with Crippen LogP contribution in [-0.2, 0) is 0 Å². The van der Waals surface area contributed by atoms with Gasteiger partial charge in [-0.25, -0.2) is 4.98 Å². The van der Waals surface area contributed by atoms with Crippen LogP contribution in [0.1, 0.15) is 35.6 Å². The number of hydrogen-bond acceptors (Lipinski definition) is 4. The van der Waals surface area contributed by atoms with Crippen molar-refractivity contribution >= 4 is 11.6 Å². The average Bonchev–Trinajstić information content (AvgIpc) is 2.98. The summed E-state index contributed by atoms with van der Waals surface area (Å²) in [5.41, 5.74) is 6.68. The molecule has 1 atom stereocenters. The van der Waals surface area contributed by atoms with E-state index < -0.39 is 0 Å². The van der Waals surface area contributed by atoms with Crippen LogP contribution in [0.3, 0.4) is 0 Å². The van der Waals surface area contributed by atoms with Gasteiger partial charge in [0.15, 0.2) is 0 Å². The zero-order valence-corrected chi connectivity index (χ0v) is 11.5. The highest BCUT2D eigenvalue weighted by molar-refractivity contribution is 5.97. The summed E-state index contributed by atoms with van der Waals surface area (Å²) in [4.78, 5) is 19.5. The van der Waals surface area contributed by atoms with Crippen LogP contribution < -0.4 is 15.8 Å². The molecule has 0 spiro atoms. The molecule has 0 aliphatic heterocycles. The van der Waals surface area contributed by atoms with Crippen molar-refractivity contribution < 1.29 is 9.53 Å². The third-order valence-electron chi connectivity index (χ3n) is 3.03. The number of benzene rings is 1. The van der Waals surface area contributed by atoms with Crippen molar-refractivity contribution in [2.24, 2.45) is 0 Å². The van der Waals surface area contributed by atoms with E-state index in [-0.39, 0.29) is 11.9 Å². The summed E-state index contributed by atoms with van der Waals surface area (Å²) < 4.78 is 5.19. The Labute approximate surface area is 117 Å². The molecule has 0 saturated carbocycles. The Bertz CT molecular complexity index is 581. The number of aromatic amines is 1. The van der Waals surface area contributed by atoms with Gasteiger partial charge in [-0.1, -0.05) is 6.92 Å². The maximum absolute atomic E-state index is 12.3. The number of rotatable bonds is 5. The second kappa shape index (κ2) is 6.10. The Morgan fingerprint density at radius 2 is 2.35 bits per heavy atom. The van der Waals surface area contributed by atoms with Crippen LogP contribution >= 0.6 is 0 Å². The van der Waals surface area contributed by atoms with Gasteiger partial charge in [-0.2, -0.15) is 0 Å². The first-order valence-corrected chi connectivity index (χ1v) is 6.39. The summed E-state index contributed by atoms with van der Waals surface area (Å²) in [7, 11) is 1.51. The quantitative estimate of drug-likeness (QED) is 0.726. The zero-order valence-electron chi connectivity index (χ0n) is 11.5. The van der Waals surface area contributed by atoms with Crippen molar-refractivity contribution in [2.45, 2.75) is 19.4 Å². The minimum Gasteiger partial charge on any atom is -0.496 e. The zero-order chi connectivity index (χ0) is 14.5. The highest BCUT2D eigenvalue weighted by Crippen LogP contribution is 2.22. The number of nitrogens with zero attached hydrogens (tertiary/aromatic N) is 1. The first-order chi connectivity index (χ1) is 9.65. The number of carbonyl (C=O) groups is 1. The molecule has 0 saturated heterocycles. The van der Waals surface area contributed by atoms with Gasteiger partial charge in [-0.05, 0) is 18.6 Å². The Hall–Kier alpha value is -2.50. The SMILES string of the molecule is CCC(NC(=O)c1ccc(N)cc1OC)c1ncc[nH]1. The highest BCUT2D eigenvalue weighted by Gasteiger charge is 2.18. The summed E-state index contributed by atoms with van der Waals surface area (Å²) in [6.45, 7) is 1.98. The Morgan fingerprint density at radius 1 is 1.55 bits per heavy atom. The number of nitrogens with one attached hydrogen (secondary N) is 2. The van der Waals surface area contributed by atoms with Crippen LogP contribution in [0.2, 0.25) is 0 Å². The van der Waals surface area contributed by atoms with E-state index in [1.54, 1.807) is 30.6 Å². The first-order valence-electron chi connectivity index (χ1n) is 6.39. The lowest BCUT2D eigenvalue weighted by atomic mass is 10.1. The van der Waals surface area contributed by atoms with E-state index in [1.165, 1.54) is 7.11 Å². The van der Waals surface area contributed by atoms with Crippen molar-refractivity contribution in [3.05, 3.63) is 42.0 Å². The number of methoxy groups -OCH3 is 1. The maximum atomic E-state index is 12.3. The lowest BCUT2D eigenvalue weighted by molar-refractivity contribution is 0.0931. The molecule has 106 valence electrons. The lowest BCUT2D eigenvalue weighted by Gasteiger charge is -2.16. The molecule has 0 fully saturated rings. The Morgan fingerprint density at radius 3 is 2.95 bits per heavy atom. The summed E-state index contributed by atoms with van der Waals surface area (Å²) in [6, 6.07) is 4.78. The van der Waals surface area contributed by atoms with Crippen LogP contribution in [0.5, 0.6) is 5.75 Å². The minimum absolute atomic E-state index is 0.167. The second-order valence-corrected chi connectivity index (χ2v) is 4.37. The first kappa shape index (κ1) is 13.9. The summed E-state index contributed by atoms with van der Waals surface area (Å²) in [5.74, 6) is 0.970. The lowest BCUT2D eigenvalue weighted by Crippen LogP contribution is -2.29. The average molecular weight is 274 g/mol. The number of carbonyl (C=O) groups excluding carboxylic acids is 1.